The third-order valence-electron chi connectivity index (χ3n) is 8.12. The average molecular weight is 691 g/mol. The van der Waals surface area contributed by atoms with Gasteiger partial charge in [0, 0.05) is 44.6 Å². The molecular formula is C31H41F3N8O3SSi. The van der Waals surface area contributed by atoms with Gasteiger partial charge in [0.15, 0.2) is 5.01 Å². The highest BCUT2D eigenvalue weighted by atomic mass is 32.1. The van der Waals surface area contributed by atoms with Crippen LogP contribution < -0.4 is 5.32 Å². The van der Waals surface area contributed by atoms with Gasteiger partial charge in [-0.2, -0.15) is 13.2 Å². The highest BCUT2D eigenvalue weighted by Gasteiger charge is 2.42. The van der Waals surface area contributed by atoms with E-state index < -0.39 is 43.4 Å². The standard InChI is InChI=1S/C31H41F3N8O3SSi/c1-18-39-40-27(46-18)23-11-10-19-20(16-41(26(19)36-23)17-45-13-14-47(5,6)7)24-21(31(32,33)34)15-35-28(38-24)37-22-9-8-12-42(29(43)44)25(22)30(2,3)4/h10-11,15-16,22,25H,8-9,12-14,17H2,1-7H3,(H,43,44)(H,35,37,38)/t22-,25?/m0/s1. The second-order valence-electron chi connectivity index (χ2n) is 14.2. The lowest BCUT2D eigenvalue weighted by Crippen LogP contribution is -2.58. The summed E-state index contributed by atoms with van der Waals surface area (Å²) in [6, 6.07) is 3.50. The van der Waals surface area contributed by atoms with E-state index in [4.69, 9.17) is 9.72 Å². The first-order valence-electron chi connectivity index (χ1n) is 15.5. The topological polar surface area (TPSA) is 131 Å². The number of pyridine rings is 1. The first kappa shape index (κ1) is 34.7. The lowest BCUT2D eigenvalue weighted by atomic mass is 9.77. The summed E-state index contributed by atoms with van der Waals surface area (Å²) in [6.45, 7) is 15.4. The van der Waals surface area contributed by atoms with Crippen molar-refractivity contribution in [3.8, 4) is 22.0 Å². The van der Waals surface area contributed by atoms with Crippen molar-refractivity contribution in [3.05, 3.63) is 35.1 Å². The Morgan fingerprint density at radius 3 is 2.53 bits per heavy atom. The second kappa shape index (κ2) is 13.1. The number of aromatic nitrogens is 6. The summed E-state index contributed by atoms with van der Waals surface area (Å²) in [5, 5.41) is 23.2. The van der Waals surface area contributed by atoms with Gasteiger partial charge in [-0.1, -0.05) is 51.7 Å². The van der Waals surface area contributed by atoms with Gasteiger partial charge in [-0.15, -0.1) is 10.2 Å². The largest absolute Gasteiger partial charge is 0.465 e. The fraction of sp³-hybridized carbons (Fsp3) is 0.548. The highest BCUT2D eigenvalue weighted by Crippen LogP contribution is 2.40. The van der Waals surface area contributed by atoms with Crippen LogP contribution in [0.15, 0.2) is 24.5 Å². The smallest absolute Gasteiger partial charge is 0.419 e. The molecule has 1 aliphatic heterocycles. The minimum atomic E-state index is -4.74. The molecule has 47 heavy (non-hydrogen) atoms. The van der Waals surface area contributed by atoms with Crippen LogP contribution in [0.2, 0.25) is 25.7 Å². The zero-order valence-electron chi connectivity index (χ0n) is 27.6. The number of likely N-dealkylation sites (tertiary alicyclic amines) is 1. The Morgan fingerprint density at radius 1 is 1.17 bits per heavy atom. The average Bonchev–Trinajstić information content (AvgIpc) is 3.56. The van der Waals surface area contributed by atoms with E-state index >= 15 is 0 Å². The van der Waals surface area contributed by atoms with Crippen molar-refractivity contribution in [2.24, 2.45) is 5.41 Å². The van der Waals surface area contributed by atoms with Gasteiger partial charge in [-0.3, -0.25) is 0 Å². The molecule has 1 fully saturated rings. The Labute approximate surface area is 276 Å². The zero-order valence-corrected chi connectivity index (χ0v) is 29.5. The van der Waals surface area contributed by atoms with Crippen molar-refractivity contribution in [2.75, 3.05) is 18.5 Å². The summed E-state index contributed by atoms with van der Waals surface area (Å²) >= 11 is 1.37. The van der Waals surface area contributed by atoms with Gasteiger partial charge >= 0.3 is 12.3 Å². The van der Waals surface area contributed by atoms with Crippen LogP contribution in [0.1, 0.15) is 44.2 Å². The molecule has 0 saturated carbocycles. The van der Waals surface area contributed by atoms with Crippen molar-refractivity contribution in [1.29, 1.82) is 0 Å². The number of halogens is 3. The number of nitrogens with one attached hydrogen (secondary N) is 1. The van der Waals surface area contributed by atoms with Gasteiger partial charge < -0.3 is 24.6 Å². The maximum absolute atomic E-state index is 14.5. The molecule has 4 aromatic rings. The number of carboxylic acid groups (broad SMARTS) is 1. The Balaban J connectivity index is 1.59. The molecule has 254 valence electrons. The Bertz CT molecular complexity index is 1750. The number of hydrogen-bond donors (Lipinski definition) is 2. The number of nitrogens with zero attached hydrogens (tertiary/aromatic N) is 7. The van der Waals surface area contributed by atoms with Crippen LogP contribution in [0, 0.1) is 12.3 Å². The van der Waals surface area contributed by atoms with Crippen LogP contribution in [0.5, 0.6) is 0 Å². The Hall–Kier alpha value is -3.63. The highest BCUT2D eigenvalue weighted by molar-refractivity contribution is 7.14. The summed E-state index contributed by atoms with van der Waals surface area (Å²) in [5.41, 5.74) is -0.554. The minimum absolute atomic E-state index is 0.0133. The van der Waals surface area contributed by atoms with Crippen molar-refractivity contribution in [3.63, 3.8) is 0 Å². The van der Waals surface area contributed by atoms with Gasteiger partial charge in [0.05, 0.1) is 17.8 Å². The molecule has 0 aromatic carbocycles. The number of anilines is 1. The maximum Gasteiger partial charge on any atom is 0.419 e. The summed E-state index contributed by atoms with van der Waals surface area (Å²) in [5.74, 6) is -0.0133. The predicted octanol–water partition coefficient (Wildman–Crippen LogP) is 7.62. The normalized spacial score (nSPS) is 17.8. The maximum atomic E-state index is 14.5. The van der Waals surface area contributed by atoms with Crippen LogP contribution in [-0.2, 0) is 17.6 Å². The van der Waals surface area contributed by atoms with Gasteiger partial charge in [-0.25, -0.2) is 19.7 Å². The zero-order chi connectivity index (χ0) is 34.3. The second-order valence-corrected chi connectivity index (χ2v) is 21.0. The van der Waals surface area contributed by atoms with E-state index in [-0.39, 0.29) is 23.9 Å². The molecule has 2 N–H and O–H groups in total. The molecule has 0 aliphatic carbocycles. The summed E-state index contributed by atoms with van der Waals surface area (Å²) in [6.07, 6.45) is -2.21. The fourth-order valence-corrected chi connectivity index (χ4v) is 7.39. The molecule has 1 amide bonds. The van der Waals surface area contributed by atoms with Gasteiger partial charge in [-0.05, 0) is 43.4 Å². The first-order valence-corrected chi connectivity index (χ1v) is 20.0. The molecule has 0 spiro atoms. The number of piperidine rings is 1. The number of aryl methyl sites for hydroxylation is 1. The monoisotopic (exact) mass is 690 g/mol. The lowest BCUT2D eigenvalue weighted by Gasteiger charge is -2.46. The van der Waals surface area contributed by atoms with Gasteiger partial charge in [0.2, 0.25) is 5.95 Å². The molecule has 11 nitrogen and oxygen atoms in total. The summed E-state index contributed by atoms with van der Waals surface area (Å²) in [7, 11) is -1.38. The van der Waals surface area contributed by atoms with E-state index in [1.165, 1.54) is 16.2 Å². The molecule has 0 radical (unpaired) electrons. The predicted molar refractivity (Wildman–Crippen MR) is 178 cm³/mol. The van der Waals surface area contributed by atoms with E-state index in [2.05, 4.69) is 45.1 Å². The number of rotatable bonds is 9. The van der Waals surface area contributed by atoms with Crippen LogP contribution in [0.3, 0.4) is 0 Å². The third kappa shape index (κ3) is 7.92. The quantitative estimate of drug-likeness (QED) is 0.135. The minimum Gasteiger partial charge on any atom is -0.465 e. The SMILES string of the molecule is Cc1nnc(-c2ccc3c(-c4nc(N[C@H]5CCCN(C(=O)O)C5C(C)(C)C)ncc4C(F)(F)F)cn(COCC[Si](C)(C)C)c3n2)s1. The number of alkyl halides is 3. The molecule has 5 rings (SSSR count). The molecule has 1 aliphatic rings. The van der Waals surface area contributed by atoms with E-state index in [1.54, 1.807) is 22.9 Å². The molecule has 16 heteroatoms. The Morgan fingerprint density at radius 2 is 1.91 bits per heavy atom. The fourth-order valence-electron chi connectivity index (χ4n) is 5.97. The molecule has 5 heterocycles. The van der Waals surface area contributed by atoms with Crippen LogP contribution in [0.25, 0.3) is 33.0 Å². The number of carbonyl (C=O) groups is 1. The Kier molecular flexibility index (Phi) is 9.68. The summed E-state index contributed by atoms with van der Waals surface area (Å²) < 4.78 is 51.2. The van der Waals surface area contributed by atoms with Crippen LogP contribution in [-0.4, -0.2) is 79.1 Å². The molecular weight excluding hydrogens is 650 g/mol. The van der Waals surface area contributed by atoms with E-state index in [1.807, 2.05) is 27.7 Å². The molecule has 1 unspecified atom stereocenters. The summed E-state index contributed by atoms with van der Waals surface area (Å²) in [4.78, 5) is 26.8. The van der Waals surface area contributed by atoms with Crippen molar-refractivity contribution in [1.82, 2.24) is 34.6 Å². The van der Waals surface area contributed by atoms with Gasteiger partial charge in [0.1, 0.15) is 28.6 Å². The van der Waals surface area contributed by atoms with E-state index in [0.717, 1.165) is 17.2 Å². The number of ether oxygens (including phenoxy) is 1. The van der Waals surface area contributed by atoms with Crippen molar-refractivity contribution < 1.29 is 27.8 Å². The third-order valence-corrected chi connectivity index (χ3v) is 10.7. The lowest BCUT2D eigenvalue weighted by molar-refractivity contribution is -0.137. The van der Waals surface area contributed by atoms with E-state index in [0.29, 0.717) is 47.7 Å². The van der Waals surface area contributed by atoms with Gasteiger partial charge in [0.25, 0.3) is 0 Å². The molecule has 1 saturated heterocycles. The number of fused-ring (bicyclic) bond motifs is 1. The first-order chi connectivity index (χ1) is 21.9. The van der Waals surface area contributed by atoms with Crippen molar-refractivity contribution in [2.45, 2.75) is 91.2 Å². The van der Waals surface area contributed by atoms with Crippen LogP contribution in [0.4, 0.5) is 23.9 Å². The molecule has 2 atom stereocenters. The van der Waals surface area contributed by atoms with Crippen molar-refractivity contribution >= 4 is 42.5 Å². The van der Waals surface area contributed by atoms with Crippen LogP contribution >= 0.6 is 11.3 Å². The molecule has 4 aromatic heterocycles. The number of amides is 1. The molecule has 0 bridgehead atoms. The number of hydrogen-bond acceptors (Lipinski definition) is 9. The van der Waals surface area contributed by atoms with E-state index in [9.17, 15) is 23.1 Å².